The quantitative estimate of drug-likeness (QED) is 0.838. The molecular formula is C14H14F2N2O. The van der Waals surface area contributed by atoms with Crippen LogP contribution in [0.4, 0.5) is 14.5 Å². The average Bonchev–Trinajstić information content (AvgIpc) is 2.44. The summed E-state index contributed by atoms with van der Waals surface area (Å²) in [6.45, 7) is 0.212. The van der Waals surface area contributed by atoms with Crippen molar-refractivity contribution >= 4 is 5.69 Å². The van der Waals surface area contributed by atoms with Crippen LogP contribution in [0, 0.1) is 11.6 Å². The molecule has 0 aliphatic carbocycles. The molecule has 0 heterocycles. The predicted molar refractivity (Wildman–Crippen MR) is 70.6 cm³/mol. The molecule has 2 aromatic rings. The first-order chi connectivity index (χ1) is 9.08. The average molecular weight is 264 g/mol. The molecule has 100 valence electrons. The lowest BCUT2D eigenvalue weighted by molar-refractivity contribution is 0.414. The highest BCUT2D eigenvalue weighted by Crippen LogP contribution is 2.32. The fraction of sp³-hybridized carbons (Fsp3) is 0.143. The molecule has 3 nitrogen and oxygen atoms in total. The minimum atomic E-state index is -0.778. The van der Waals surface area contributed by atoms with Crippen molar-refractivity contribution in [1.29, 1.82) is 0 Å². The Balaban J connectivity index is 2.62. The van der Waals surface area contributed by atoms with Crippen molar-refractivity contribution < 1.29 is 13.5 Å². The Kier molecular flexibility index (Phi) is 3.66. The number of halogens is 2. The lowest BCUT2D eigenvalue weighted by Gasteiger charge is -2.12. The van der Waals surface area contributed by atoms with Gasteiger partial charge in [0.2, 0.25) is 0 Å². The molecule has 0 aliphatic rings. The molecule has 0 aromatic heterocycles. The van der Waals surface area contributed by atoms with Crippen LogP contribution in [0.1, 0.15) is 5.56 Å². The SMILES string of the molecule is COc1ccc(-c2ccc(F)c(N)c2F)c(CN)c1. The fourth-order valence-electron chi connectivity index (χ4n) is 1.91. The Labute approximate surface area is 109 Å². The Morgan fingerprint density at radius 1 is 1.11 bits per heavy atom. The van der Waals surface area contributed by atoms with Gasteiger partial charge in [-0.05, 0) is 35.4 Å². The summed E-state index contributed by atoms with van der Waals surface area (Å²) < 4.78 is 32.3. The molecule has 5 heteroatoms. The number of anilines is 1. The van der Waals surface area contributed by atoms with Gasteiger partial charge in [-0.25, -0.2) is 8.78 Å². The molecule has 2 rings (SSSR count). The summed E-state index contributed by atoms with van der Waals surface area (Å²) in [5.74, 6) is -0.927. The van der Waals surface area contributed by atoms with Gasteiger partial charge in [0, 0.05) is 12.1 Å². The monoisotopic (exact) mass is 264 g/mol. The van der Waals surface area contributed by atoms with E-state index in [0.717, 1.165) is 6.07 Å². The molecule has 0 bridgehead atoms. The van der Waals surface area contributed by atoms with E-state index in [9.17, 15) is 8.78 Å². The fourth-order valence-corrected chi connectivity index (χ4v) is 1.91. The second-order valence-corrected chi connectivity index (χ2v) is 4.05. The van der Waals surface area contributed by atoms with Crippen LogP contribution in [-0.2, 0) is 6.54 Å². The van der Waals surface area contributed by atoms with Gasteiger partial charge in [-0.2, -0.15) is 0 Å². The van der Waals surface area contributed by atoms with Gasteiger partial charge < -0.3 is 16.2 Å². The van der Waals surface area contributed by atoms with Gasteiger partial charge in [-0.15, -0.1) is 0 Å². The van der Waals surface area contributed by atoms with E-state index in [1.807, 2.05) is 0 Å². The van der Waals surface area contributed by atoms with E-state index in [0.29, 0.717) is 16.9 Å². The predicted octanol–water partition coefficient (Wildman–Crippen LogP) is 2.68. The minimum Gasteiger partial charge on any atom is -0.497 e. The van der Waals surface area contributed by atoms with E-state index in [-0.39, 0.29) is 12.1 Å². The maximum Gasteiger partial charge on any atom is 0.156 e. The van der Waals surface area contributed by atoms with Crippen LogP contribution in [0.2, 0.25) is 0 Å². The van der Waals surface area contributed by atoms with E-state index in [2.05, 4.69) is 0 Å². The summed E-state index contributed by atoms with van der Waals surface area (Å²) in [7, 11) is 1.53. The van der Waals surface area contributed by atoms with Gasteiger partial charge in [0.25, 0.3) is 0 Å². The highest BCUT2D eigenvalue weighted by Gasteiger charge is 2.15. The molecule has 0 unspecified atom stereocenters. The number of benzene rings is 2. The standard InChI is InChI=1S/C14H14F2N2O/c1-19-9-2-3-10(8(6-9)7-17)11-4-5-12(15)14(18)13(11)16/h2-6H,7,17-18H2,1H3. The van der Waals surface area contributed by atoms with Crippen molar-refractivity contribution in [3.63, 3.8) is 0 Å². The topological polar surface area (TPSA) is 61.3 Å². The van der Waals surface area contributed by atoms with Crippen molar-refractivity contribution in [2.45, 2.75) is 6.54 Å². The summed E-state index contributed by atoms with van der Waals surface area (Å²) in [4.78, 5) is 0. The number of hydrogen-bond donors (Lipinski definition) is 2. The van der Waals surface area contributed by atoms with Crippen molar-refractivity contribution in [2.24, 2.45) is 5.73 Å². The molecule has 0 spiro atoms. The zero-order valence-electron chi connectivity index (χ0n) is 10.4. The number of methoxy groups -OCH3 is 1. The normalized spacial score (nSPS) is 10.5. The van der Waals surface area contributed by atoms with Crippen molar-refractivity contribution in [2.75, 3.05) is 12.8 Å². The molecule has 0 amide bonds. The van der Waals surface area contributed by atoms with Crippen LogP contribution < -0.4 is 16.2 Å². The largest absolute Gasteiger partial charge is 0.497 e. The highest BCUT2D eigenvalue weighted by molar-refractivity contribution is 5.72. The van der Waals surface area contributed by atoms with Gasteiger partial charge >= 0.3 is 0 Å². The van der Waals surface area contributed by atoms with Gasteiger partial charge in [0.15, 0.2) is 5.82 Å². The Morgan fingerprint density at radius 2 is 1.79 bits per heavy atom. The number of nitrogen functional groups attached to an aromatic ring is 1. The summed E-state index contributed by atoms with van der Waals surface area (Å²) in [6, 6.07) is 7.57. The molecule has 0 fully saturated rings. The molecule has 0 saturated heterocycles. The minimum absolute atomic E-state index is 0.212. The number of ether oxygens (including phenoxy) is 1. The molecule has 0 aliphatic heterocycles. The van der Waals surface area contributed by atoms with Crippen molar-refractivity contribution in [1.82, 2.24) is 0 Å². The number of hydrogen-bond acceptors (Lipinski definition) is 3. The Bertz CT molecular complexity index is 615. The van der Waals surface area contributed by atoms with Crippen LogP contribution >= 0.6 is 0 Å². The Morgan fingerprint density at radius 3 is 2.42 bits per heavy atom. The maximum atomic E-state index is 14.0. The summed E-state index contributed by atoms with van der Waals surface area (Å²) in [6.07, 6.45) is 0. The van der Waals surface area contributed by atoms with Gasteiger partial charge in [-0.3, -0.25) is 0 Å². The maximum absolute atomic E-state index is 14.0. The van der Waals surface area contributed by atoms with Gasteiger partial charge in [0.05, 0.1) is 7.11 Å². The third-order valence-electron chi connectivity index (χ3n) is 2.95. The van der Waals surface area contributed by atoms with Gasteiger partial charge in [0.1, 0.15) is 17.3 Å². The third-order valence-corrected chi connectivity index (χ3v) is 2.95. The molecule has 4 N–H and O–H groups in total. The molecular weight excluding hydrogens is 250 g/mol. The lowest BCUT2D eigenvalue weighted by atomic mass is 9.98. The van der Waals surface area contributed by atoms with Crippen LogP contribution in [0.15, 0.2) is 30.3 Å². The lowest BCUT2D eigenvalue weighted by Crippen LogP contribution is -2.03. The number of nitrogens with two attached hydrogens (primary N) is 2. The van der Waals surface area contributed by atoms with Crippen LogP contribution in [0.5, 0.6) is 5.75 Å². The van der Waals surface area contributed by atoms with E-state index >= 15 is 0 Å². The summed E-state index contributed by atoms with van der Waals surface area (Å²) >= 11 is 0. The third kappa shape index (κ3) is 2.37. The molecule has 19 heavy (non-hydrogen) atoms. The second kappa shape index (κ2) is 5.24. The van der Waals surface area contributed by atoms with Gasteiger partial charge in [-0.1, -0.05) is 6.07 Å². The van der Waals surface area contributed by atoms with Crippen molar-refractivity contribution in [3.05, 3.63) is 47.5 Å². The summed E-state index contributed by atoms with van der Waals surface area (Å²) in [5, 5.41) is 0. The smallest absolute Gasteiger partial charge is 0.156 e. The van der Waals surface area contributed by atoms with Crippen LogP contribution in [0.3, 0.4) is 0 Å². The molecule has 0 saturated carbocycles. The van der Waals surface area contributed by atoms with E-state index in [4.69, 9.17) is 16.2 Å². The zero-order valence-corrected chi connectivity index (χ0v) is 10.4. The second-order valence-electron chi connectivity index (χ2n) is 4.05. The first kappa shape index (κ1) is 13.3. The van der Waals surface area contributed by atoms with Crippen molar-refractivity contribution in [3.8, 4) is 16.9 Å². The van der Waals surface area contributed by atoms with E-state index in [1.54, 1.807) is 18.2 Å². The van der Waals surface area contributed by atoms with E-state index in [1.165, 1.54) is 13.2 Å². The Hall–Kier alpha value is -2.14. The molecule has 0 radical (unpaired) electrons. The first-order valence-corrected chi connectivity index (χ1v) is 5.69. The molecule has 0 atom stereocenters. The molecule has 2 aromatic carbocycles. The highest BCUT2D eigenvalue weighted by atomic mass is 19.1. The zero-order chi connectivity index (χ0) is 14.0. The first-order valence-electron chi connectivity index (χ1n) is 5.69. The van der Waals surface area contributed by atoms with E-state index < -0.39 is 17.3 Å². The number of rotatable bonds is 3. The summed E-state index contributed by atoms with van der Waals surface area (Å²) in [5.41, 5.74) is 12.0. The van der Waals surface area contributed by atoms with Crippen LogP contribution in [0.25, 0.3) is 11.1 Å². The van der Waals surface area contributed by atoms with Crippen LogP contribution in [-0.4, -0.2) is 7.11 Å².